The van der Waals surface area contributed by atoms with Crippen molar-refractivity contribution < 1.29 is 12.6 Å². The molecule has 1 fully saturated rings. The second kappa shape index (κ2) is 6.09. The molecular formula is C9H20N2O3S2. The van der Waals surface area contributed by atoms with Crippen molar-refractivity contribution in [2.45, 2.75) is 19.9 Å². The molecule has 1 heterocycles. The van der Waals surface area contributed by atoms with E-state index in [0.29, 0.717) is 37.2 Å². The number of nitrogens with one attached hydrogen (secondary N) is 1. The van der Waals surface area contributed by atoms with Gasteiger partial charge in [-0.2, -0.15) is 0 Å². The molecule has 1 N–H and O–H groups in total. The van der Waals surface area contributed by atoms with Crippen LogP contribution >= 0.6 is 0 Å². The first-order valence-corrected chi connectivity index (χ1v) is 8.58. The normalized spacial score (nSPS) is 20.4. The molecule has 0 aromatic carbocycles. The third-order valence-electron chi connectivity index (χ3n) is 2.44. The lowest BCUT2D eigenvalue weighted by Crippen LogP contribution is -2.44. The molecule has 0 aliphatic carbocycles. The summed E-state index contributed by atoms with van der Waals surface area (Å²) >= 11 is 0. The van der Waals surface area contributed by atoms with Gasteiger partial charge in [0.05, 0.1) is 5.75 Å². The van der Waals surface area contributed by atoms with Gasteiger partial charge in [-0.15, -0.1) is 0 Å². The van der Waals surface area contributed by atoms with E-state index in [2.05, 4.69) is 5.32 Å². The number of hydrogen-bond donors (Lipinski definition) is 1. The summed E-state index contributed by atoms with van der Waals surface area (Å²) in [6, 6.07) is 0.295. The zero-order valence-corrected chi connectivity index (χ0v) is 11.4. The highest BCUT2D eigenvalue weighted by atomic mass is 32.2. The lowest BCUT2D eigenvalue weighted by molar-refractivity contribution is 0.436. The van der Waals surface area contributed by atoms with Gasteiger partial charge in [0.2, 0.25) is 10.0 Å². The van der Waals surface area contributed by atoms with Gasteiger partial charge < -0.3 is 5.32 Å². The highest BCUT2D eigenvalue weighted by Gasteiger charge is 2.25. The summed E-state index contributed by atoms with van der Waals surface area (Å²) in [6.45, 7) is 5.24. The molecule has 1 rings (SSSR count). The third kappa shape index (κ3) is 4.48. The second-order valence-corrected chi connectivity index (χ2v) is 7.96. The Labute approximate surface area is 100 Å². The van der Waals surface area contributed by atoms with E-state index in [4.69, 9.17) is 0 Å². The molecule has 1 aliphatic rings. The van der Waals surface area contributed by atoms with Crippen molar-refractivity contribution in [3.63, 3.8) is 0 Å². The summed E-state index contributed by atoms with van der Waals surface area (Å²) < 4.78 is 36.3. The molecule has 1 saturated heterocycles. The highest BCUT2D eigenvalue weighted by molar-refractivity contribution is 7.89. The molecule has 96 valence electrons. The van der Waals surface area contributed by atoms with Gasteiger partial charge in [0, 0.05) is 48.0 Å². The Morgan fingerprint density at radius 1 is 1.31 bits per heavy atom. The number of hydrogen-bond acceptors (Lipinski definition) is 4. The van der Waals surface area contributed by atoms with Crippen molar-refractivity contribution in [1.29, 1.82) is 0 Å². The molecule has 1 aliphatic heterocycles. The van der Waals surface area contributed by atoms with Gasteiger partial charge in [0.1, 0.15) is 0 Å². The van der Waals surface area contributed by atoms with Gasteiger partial charge in [-0.1, -0.05) is 13.8 Å². The van der Waals surface area contributed by atoms with E-state index in [1.54, 1.807) is 0 Å². The van der Waals surface area contributed by atoms with E-state index in [1.807, 2.05) is 13.8 Å². The van der Waals surface area contributed by atoms with Crippen LogP contribution in [0.15, 0.2) is 0 Å². The van der Waals surface area contributed by atoms with Crippen molar-refractivity contribution in [3.8, 4) is 0 Å². The summed E-state index contributed by atoms with van der Waals surface area (Å²) in [4.78, 5) is 0. The van der Waals surface area contributed by atoms with Crippen molar-refractivity contribution >= 4 is 20.8 Å². The average Bonchev–Trinajstić information content (AvgIpc) is 2.17. The topological polar surface area (TPSA) is 66.5 Å². The number of rotatable bonds is 5. The molecule has 0 bridgehead atoms. The van der Waals surface area contributed by atoms with Gasteiger partial charge in [-0.25, -0.2) is 12.7 Å². The maximum Gasteiger partial charge on any atom is 0.215 e. The lowest BCUT2D eigenvalue weighted by Gasteiger charge is -2.25. The molecule has 0 atom stereocenters. The van der Waals surface area contributed by atoms with Crippen LogP contribution in [-0.2, 0) is 20.8 Å². The average molecular weight is 268 g/mol. The fraction of sp³-hybridized carbons (Fsp3) is 1.00. The zero-order valence-electron chi connectivity index (χ0n) is 9.81. The van der Waals surface area contributed by atoms with Crippen molar-refractivity contribution in [1.82, 2.24) is 9.62 Å². The Morgan fingerprint density at radius 2 is 1.88 bits per heavy atom. The summed E-state index contributed by atoms with van der Waals surface area (Å²) in [5, 5.41) is 3.08. The maximum absolute atomic E-state index is 11.9. The van der Waals surface area contributed by atoms with Crippen LogP contribution in [0.1, 0.15) is 13.8 Å². The van der Waals surface area contributed by atoms with E-state index in [1.165, 1.54) is 4.31 Å². The minimum Gasteiger partial charge on any atom is -0.313 e. The smallest absolute Gasteiger partial charge is 0.215 e. The molecule has 0 amide bonds. The Balaban J connectivity index is 2.41. The minimum atomic E-state index is -3.17. The van der Waals surface area contributed by atoms with Crippen LogP contribution in [0.5, 0.6) is 0 Å². The molecular weight excluding hydrogens is 248 g/mol. The van der Waals surface area contributed by atoms with Crippen LogP contribution in [0.25, 0.3) is 0 Å². The predicted octanol–water partition coefficient (Wildman–Crippen LogP) is -0.621. The van der Waals surface area contributed by atoms with Crippen LogP contribution in [0.4, 0.5) is 0 Å². The van der Waals surface area contributed by atoms with E-state index < -0.39 is 20.8 Å². The Bertz CT molecular complexity index is 331. The molecule has 0 radical (unpaired) electrons. The predicted molar refractivity (Wildman–Crippen MR) is 66.4 cm³/mol. The van der Waals surface area contributed by atoms with Crippen LogP contribution in [0, 0.1) is 0 Å². The van der Waals surface area contributed by atoms with E-state index in [0.717, 1.165) is 0 Å². The molecule has 0 saturated carbocycles. The van der Waals surface area contributed by atoms with E-state index >= 15 is 0 Å². The van der Waals surface area contributed by atoms with E-state index in [9.17, 15) is 12.6 Å². The van der Waals surface area contributed by atoms with Gasteiger partial charge in [0.15, 0.2) is 0 Å². The summed E-state index contributed by atoms with van der Waals surface area (Å²) in [5.74, 6) is 1.06. The Morgan fingerprint density at radius 3 is 2.38 bits per heavy atom. The molecule has 0 aromatic heterocycles. The van der Waals surface area contributed by atoms with Gasteiger partial charge in [0.25, 0.3) is 0 Å². The molecule has 5 nitrogen and oxygen atoms in total. The van der Waals surface area contributed by atoms with Gasteiger partial charge in [-0.3, -0.25) is 4.21 Å². The third-order valence-corrected chi connectivity index (χ3v) is 5.59. The maximum atomic E-state index is 11.9. The van der Waals surface area contributed by atoms with Crippen LogP contribution in [-0.4, -0.2) is 59.9 Å². The SMILES string of the molecule is CC(C)NCCS(=O)(=O)N1CCS(=O)CC1. The second-order valence-electron chi connectivity index (χ2n) is 4.17. The molecule has 0 spiro atoms. The Kier molecular flexibility index (Phi) is 5.36. The largest absolute Gasteiger partial charge is 0.313 e. The first kappa shape index (κ1) is 14.1. The molecule has 16 heavy (non-hydrogen) atoms. The summed E-state index contributed by atoms with van der Waals surface area (Å²) in [5.41, 5.74) is 0. The Hall–Kier alpha value is 0.0200. The van der Waals surface area contributed by atoms with E-state index in [-0.39, 0.29) is 5.75 Å². The first-order chi connectivity index (χ1) is 7.42. The number of sulfonamides is 1. The van der Waals surface area contributed by atoms with Crippen molar-refractivity contribution in [2.75, 3.05) is 36.9 Å². The van der Waals surface area contributed by atoms with Crippen molar-refractivity contribution in [3.05, 3.63) is 0 Å². The standard InChI is InChI=1S/C9H20N2O3S2/c1-9(2)10-3-8-16(13,14)11-4-6-15(12)7-5-11/h9-10H,3-8H2,1-2H3. The molecule has 7 heteroatoms. The molecule has 0 aromatic rings. The fourth-order valence-corrected chi connectivity index (χ4v) is 4.16. The fourth-order valence-electron chi connectivity index (χ4n) is 1.50. The van der Waals surface area contributed by atoms with Gasteiger partial charge >= 0.3 is 0 Å². The quantitative estimate of drug-likeness (QED) is 0.721. The van der Waals surface area contributed by atoms with Gasteiger partial charge in [-0.05, 0) is 0 Å². The van der Waals surface area contributed by atoms with Crippen LogP contribution in [0.3, 0.4) is 0 Å². The molecule has 0 unspecified atom stereocenters. The number of nitrogens with zero attached hydrogens (tertiary/aromatic N) is 1. The first-order valence-electron chi connectivity index (χ1n) is 5.48. The zero-order chi connectivity index (χ0) is 12.2. The van der Waals surface area contributed by atoms with Crippen molar-refractivity contribution in [2.24, 2.45) is 0 Å². The van der Waals surface area contributed by atoms with Crippen LogP contribution < -0.4 is 5.32 Å². The lowest BCUT2D eigenvalue weighted by atomic mass is 10.4. The highest BCUT2D eigenvalue weighted by Crippen LogP contribution is 2.06. The van der Waals surface area contributed by atoms with Crippen LogP contribution in [0.2, 0.25) is 0 Å². The summed E-state index contributed by atoms with van der Waals surface area (Å²) in [7, 11) is -4.00. The summed E-state index contributed by atoms with van der Waals surface area (Å²) in [6.07, 6.45) is 0. The monoisotopic (exact) mass is 268 g/mol. The minimum absolute atomic E-state index is 0.123.